The molecule has 1 aliphatic heterocycles. The molecule has 1 atom stereocenters. The van der Waals surface area contributed by atoms with Crippen LogP contribution in [0.4, 0.5) is 0 Å². The molecule has 0 bridgehead atoms. The van der Waals surface area contributed by atoms with E-state index in [0.717, 1.165) is 16.5 Å². The molecule has 0 fully saturated rings. The quantitative estimate of drug-likeness (QED) is 0.227. The molecule has 40 heavy (non-hydrogen) atoms. The van der Waals surface area contributed by atoms with E-state index < -0.39 is 12.0 Å². The summed E-state index contributed by atoms with van der Waals surface area (Å²) < 4.78 is 21.2. The zero-order valence-corrected chi connectivity index (χ0v) is 23.8. The number of fused-ring (bicyclic) bond motifs is 2. The number of para-hydroxylation sites is 1. The number of esters is 1. The van der Waals surface area contributed by atoms with Crippen LogP contribution in [0.5, 0.6) is 11.5 Å². The lowest BCUT2D eigenvalue weighted by Crippen LogP contribution is -2.40. The Kier molecular flexibility index (Phi) is 7.75. The van der Waals surface area contributed by atoms with Crippen LogP contribution in [0, 0.1) is 0 Å². The van der Waals surface area contributed by atoms with E-state index in [4.69, 9.17) is 14.2 Å². The minimum absolute atomic E-state index is 0.201. The first-order valence-electron chi connectivity index (χ1n) is 13.1. The highest BCUT2D eigenvalue weighted by molar-refractivity contribution is 7.07. The number of aromatic nitrogens is 2. The first-order valence-corrected chi connectivity index (χ1v) is 13.9. The largest absolute Gasteiger partial charge is 0.490 e. The second-order valence-electron chi connectivity index (χ2n) is 9.25. The van der Waals surface area contributed by atoms with E-state index in [1.807, 2.05) is 67.2 Å². The van der Waals surface area contributed by atoms with Crippen LogP contribution in [0.15, 0.2) is 82.4 Å². The summed E-state index contributed by atoms with van der Waals surface area (Å²) in [7, 11) is 1.98. The maximum absolute atomic E-state index is 14.0. The average molecular weight is 558 g/mol. The summed E-state index contributed by atoms with van der Waals surface area (Å²) in [6.07, 6.45) is 5.55. The molecule has 8 nitrogen and oxygen atoms in total. The Morgan fingerprint density at radius 1 is 1.12 bits per heavy atom. The van der Waals surface area contributed by atoms with E-state index in [9.17, 15) is 9.59 Å². The highest BCUT2D eigenvalue weighted by Crippen LogP contribution is 2.36. The van der Waals surface area contributed by atoms with Crippen LogP contribution >= 0.6 is 11.3 Å². The summed E-state index contributed by atoms with van der Waals surface area (Å²) in [6, 6.07) is 12.7. The molecule has 5 rings (SSSR count). The summed E-state index contributed by atoms with van der Waals surface area (Å²) in [5, 5.41) is 1.05. The molecular weight excluding hydrogens is 526 g/mol. The molecule has 0 unspecified atom stereocenters. The van der Waals surface area contributed by atoms with Gasteiger partial charge in [0.1, 0.15) is 6.61 Å². The van der Waals surface area contributed by atoms with Crippen LogP contribution in [0.1, 0.15) is 37.9 Å². The first-order chi connectivity index (χ1) is 19.4. The number of hydrogen-bond acceptors (Lipinski definition) is 7. The average Bonchev–Trinajstić information content (AvgIpc) is 3.42. The Morgan fingerprint density at radius 2 is 1.93 bits per heavy atom. The van der Waals surface area contributed by atoms with Gasteiger partial charge in [-0.15, -0.1) is 0 Å². The minimum Gasteiger partial charge on any atom is -0.490 e. The highest BCUT2D eigenvalue weighted by Gasteiger charge is 2.34. The number of allylic oxidation sites excluding steroid dienone is 1. The van der Waals surface area contributed by atoms with Crippen molar-refractivity contribution >= 4 is 34.3 Å². The molecule has 0 N–H and O–H groups in total. The number of nitrogens with zero attached hydrogens (tertiary/aromatic N) is 3. The molecule has 0 aliphatic carbocycles. The topological polar surface area (TPSA) is 84.0 Å². The Labute approximate surface area is 235 Å². The number of carbonyl (C=O) groups excluding carboxylic acids is 1. The molecule has 4 aromatic rings. The molecule has 1 aliphatic rings. The van der Waals surface area contributed by atoms with E-state index in [2.05, 4.69) is 11.6 Å². The lowest BCUT2D eigenvalue weighted by atomic mass is 9.95. The van der Waals surface area contributed by atoms with Gasteiger partial charge in [-0.25, -0.2) is 9.79 Å². The van der Waals surface area contributed by atoms with Crippen molar-refractivity contribution < 1.29 is 19.0 Å². The molecule has 9 heteroatoms. The number of carbonyl (C=O) groups is 1. The molecule has 0 spiro atoms. The lowest BCUT2D eigenvalue weighted by molar-refractivity contribution is -0.139. The maximum Gasteiger partial charge on any atom is 0.338 e. The third-order valence-corrected chi connectivity index (χ3v) is 7.65. The zero-order valence-electron chi connectivity index (χ0n) is 23.0. The monoisotopic (exact) mass is 557 g/mol. The van der Waals surface area contributed by atoms with E-state index in [1.165, 1.54) is 11.3 Å². The van der Waals surface area contributed by atoms with Gasteiger partial charge in [0.15, 0.2) is 16.3 Å². The molecule has 0 amide bonds. The van der Waals surface area contributed by atoms with Gasteiger partial charge in [-0.2, -0.15) is 0 Å². The van der Waals surface area contributed by atoms with E-state index in [1.54, 1.807) is 30.6 Å². The van der Waals surface area contributed by atoms with Crippen molar-refractivity contribution in [3.8, 4) is 11.5 Å². The first kappa shape index (κ1) is 27.2. The molecule has 206 valence electrons. The van der Waals surface area contributed by atoms with Crippen molar-refractivity contribution in [2.24, 2.45) is 12.0 Å². The number of ether oxygens (including phenoxy) is 3. The third-order valence-electron chi connectivity index (χ3n) is 6.67. The minimum atomic E-state index is -0.752. The number of hydrogen-bond donors (Lipinski definition) is 0. The smallest absolute Gasteiger partial charge is 0.338 e. The fraction of sp³-hybridized carbons (Fsp3) is 0.258. The number of aryl methyl sites for hydroxylation is 1. The SMILES string of the molecule is C=CCOc1ccc([C@H]2C(C(=O)OCC)=C(C)N=c3sc(=Cc4cn(C)c5ccccc45)c(=O)n32)cc1OCC. The van der Waals surface area contributed by atoms with Crippen molar-refractivity contribution in [1.82, 2.24) is 9.13 Å². The predicted molar refractivity (Wildman–Crippen MR) is 157 cm³/mol. The molecule has 2 aromatic heterocycles. The fourth-order valence-corrected chi connectivity index (χ4v) is 6.00. The summed E-state index contributed by atoms with van der Waals surface area (Å²) in [4.78, 5) is 32.5. The lowest BCUT2D eigenvalue weighted by Gasteiger charge is -2.25. The molecule has 2 aromatic carbocycles. The molecule has 0 radical (unpaired) electrons. The van der Waals surface area contributed by atoms with Crippen LogP contribution < -0.4 is 24.4 Å². The van der Waals surface area contributed by atoms with E-state index >= 15 is 0 Å². The Bertz CT molecular complexity index is 1830. The van der Waals surface area contributed by atoms with Gasteiger partial charge in [0.05, 0.1) is 35.1 Å². The second kappa shape index (κ2) is 11.4. The molecule has 0 saturated carbocycles. The number of benzene rings is 2. The molecular formula is C31H31N3O5S. The second-order valence-corrected chi connectivity index (χ2v) is 10.3. The zero-order chi connectivity index (χ0) is 28.4. The standard InChI is InChI=1S/C31H31N3O5S/c1-6-15-39-24-14-13-20(16-25(24)37-7-2)28-27(30(36)38-8-3)19(4)32-31-34(28)29(35)26(40-31)17-21-18-33(5)23-12-10-9-11-22(21)23/h6,9-14,16-18,28H,1,7-8,15H2,2-5H3/t28-/m0/s1. The van der Waals surface area contributed by atoms with E-state index in [-0.39, 0.29) is 12.2 Å². The Balaban J connectivity index is 1.72. The van der Waals surface area contributed by atoms with Crippen molar-refractivity contribution in [2.75, 3.05) is 19.8 Å². The van der Waals surface area contributed by atoms with Gasteiger partial charge in [0.25, 0.3) is 5.56 Å². The Hall–Kier alpha value is -4.37. The van der Waals surface area contributed by atoms with Crippen molar-refractivity contribution in [3.05, 3.63) is 103 Å². The Morgan fingerprint density at radius 3 is 2.67 bits per heavy atom. The van der Waals surface area contributed by atoms with Gasteiger partial charge in [-0.05, 0) is 50.6 Å². The predicted octanol–water partition coefficient (Wildman–Crippen LogP) is 4.25. The third kappa shape index (κ3) is 4.88. The van der Waals surface area contributed by atoms with Crippen LogP contribution in [-0.4, -0.2) is 34.9 Å². The van der Waals surface area contributed by atoms with E-state index in [0.29, 0.717) is 50.9 Å². The van der Waals surface area contributed by atoms with Gasteiger partial charge < -0.3 is 18.8 Å². The fourth-order valence-electron chi connectivity index (χ4n) is 4.97. The van der Waals surface area contributed by atoms with Gasteiger partial charge in [0, 0.05) is 29.7 Å². The summed E-state index contributed by atoms with van der Waals surface area (Å²) in [5.74, 6) is 0.548. The van der Waals surface area contributed by atoms with Crippen molar-refractivity contribution in [3.63, 3.8) is 0 Å². The normalized spacial score (nSPS) is 15.1. The molecule has 3 heterocycles. The van der Waals surface area contributed by atoms with Gasteiger partial charge in [0.2, 0.25) is 0 Å². The summed E-state index contributed by atoms with van der Waals surface area (Å²) >= 11 is 1.30. The van der Waals surface area contributed by atoms with Crippen molar-refractivity contribution in [2.45, 2.75) is 26.8 Å². The summed E-state index contributed by atoms with van der Waals surface area (Å²) in [6.45, 7) is 10.0. The van der Waals surface area contributed by atoms with Crippen LogP contribution in [-0.2, 0) is 16.6 Å². The van der Waals surface area contributed by atoms with Crippen LogP contribution in [0.2, 0.25) is 0 Å². The number of rotatable bonds is 9. The van der Waals surface area contributed by atoms with Gasteiger partial charge in [-0.1, -0.05) is 48.3 Å². The van der Waals surface area contributed by atoms with Crippen molar-refractivity contribution in [1.29, 1.82) is 0 Å². The van der Waals surface area contributed by atoms with Gasteiger partial charge in [-0.3, -0.25) is 9.36 Å². The number of thiazole rings is 1. The van der Waals surface area contributed by atoms with Crippen LogP contribution in [0.25, 0.3) is 17.0 Å². The summed E-state index contributed by atoms with van der Waals surface area (Å²) in [5.41, 5.74) is 3.27. The van der Waals surface area contributed by atoms with Crippen LogP contribution in [0.3, 0.4) is 0 Å². The highest BCUT2D eigenvalue weighted by atomic mass is 32.1. The maximum atomic E-state index is 14.0. The molecule has 0 saturated heterocycles. The van der Waals surface area contributed by atoms with Gasteiger partial charge >= 0.3 is 5.97 Å².